The van der Waals surface area contributed by atoms with Crippen LogP contribution in [0.25, 0.3) is 44.9 Å². The van der Waals surface area contributed by atoms with Gasteiger partial charge in [0.25, 0.3) is 0 Å². The number of nitrogens with zero attached hydrogens (tertiary/aromatic N) is 6. The minimum Gasteiger partial charge on any atom is -0.394 e. The van der Waals surface area contributed by atoms with Gasteiger partial charge >= 0.3 is 0 Å². The highest BCUT2D eigenvalue weighted by atomic mass is 16.6. The smallest absolute Gasteiger partial charge is 0.184 e. The zero-order valence-corrected chi connectivity index (χ0v) is 19.5. The number of fused-ring (bicyclic) bond motifs is 1. The molecule has 4 heterocycles. The summed E-state index contributed by atoms with van der Waals surface area (Å²) in [6.45, 7) is -0.452. The Hall–Kier alpha value is -4.29. The molecule has 186 valence electrons. The van der Waals surface area contributed by atoms with Crippen LogP contribution in [-0.2, 0) is 4.74 Å². The fourth-order valence-corrected chi connectivity index (χ4v) is 4.61. The van der Waals surface area contributed by atoms with E-state index in [1.54, 1.807) is 10.8 Å². The summed E-state index contributed by atoms with van der Waals surface area (Å²) in [7, 11) is 0. The summed E-state index contributed by atoms with van der Waals surface area (Å²) in [5.74, 6) is 0.456. The lowest BCUT2D eigenvalue weighted by Crippen LogP contribution is -2.33. The summed E-state index contributed by atoms with van der Waals surface area (Å²) in [6, 6.07) is 19.3. The van der Waals surface area contributed by atoms with E-state index >= 15 is 0 Å². The molecule has 0 spiro atoms. The molecule has 1 saturated heterocycles. The molecular weight excluding hydrogens is 474 g/mol. The third-order valence-corrected chi connectivity index (χ3v) is 6.45. The van der Waals surface area contributed by atoms with Gasteiger partial charge in [0, 0.05) is 17.3 Å². The zero-order chi connectivity index (χ0) is 25.5. The molecule has 0 saturated carbocycles. The number of hydrogen-bond donors (Lipinski definition) is 4. The molecule has 0 bridgehead atoms. The van der Waals surface area contributed by atoms with Gasteiger partial charge in [0.15, 0.2) is 12.1 Å². The Bertz CT molecular complexity index is 1560. The summed E-state index contributed by atoms with van der Waals surface area (Å²) in [4.78, 5) is 13.4. The second kappa shape index (κ2) is 9.30. The molecule has 1 aliphatic heterocycles. The summed E-state index contributed by atoms with van der Waals surface area (Å²) < 4.78 is 7.29. The van der Waals surface area contributed by atoms with Crippen molar-refractivity contribution in [2.45, 2.75) is 24.5 Å². The third-order valence-electron chi connectivity index (χ3n) is 6.45. The van der Waals surface area contributed by atoms with Crippen LogP contribution in [-0.4, -0.2) is 70.0 Å². The number of ether oxygens (including phenoxy) is 1. The molecule has 2 aromatic carbocycles. The van der Waals surface area contributed by atoms with Gasteiger partial charge in [0.05, 0.1) is 17.6 Å². The van der Waals surface area contributed by atoms with Gasteiger partial charge in [-0.05, 0) is 0 Å². The van der Waals surface area contributed by atoms with E-state index in [9.17, 15) is 15.3 Å². The number of aliphatic hydroxyl groups is 3. The molecule has 37 heavy (non-hydrogen) atoms. The first-order valence-corrected chi connectivity index (χ1v) is 11.7. The Morgan fingerprint density at radius 3 is 2.19 bits per heavy atom. The van der Waals surface area contributed by atoms with E-state index in [2.05, 4.69) is 20.2 Å². The minimum absolute atomic E-state index is 0.183. The van der Waals surface area contributed by atoms with Crippen LogP contribution >= 0.6 is 0 Å². The fraction of sp³-hybridized carbons (Fsp3) is 0.192. The van der Waals surface area contributed by atoms with E-state index in [0.717, 1.165) is 11.1 Å². The van der Waals surface area contributed by atoms with E-state index in [-0.39, 0.29) is 11.6 Å². The molecule has 0 unspecified atom stereocenters. The fourth-order valence-electron chi connectivity index (χ4n) is 4.61. The van der Waals surface area contributed by atoms with Gasteiger partial charge in [0.1, 0.15) is 47.5 Å². The van der Waals surface area contributed by atoms with Gasteiger partial charge < -0.3 is 30.4 Å². The Morgan fingerprint density at radius 2 is 1.54 bits per heavy atom. The first-order chi connectivity index (χ1) is 18.1. The summed E-state index contributed by atoms with van der Waals surface area (Å²) in [5, 5.41) is 39.9. The van der Waals surface area contributed by atoms with Crippen LogP contribution in [0.1, 0.15) is 6.23 Å². The van der Waals surface area contributed by atoms with E-state index in [4.69, 9.17) is 15.5 Å². The van der Waals surface area contributed by atoms with Crippen LogP contribution in [0.15, 0.2) is 73.2 Å². The molecule has 5 N–H and O–H groups in total. The standard InChI is InChI=1S/C26H23N7O4/c27-23-18-16(11-33(25(18)29-13-28-23)26-22(36)21(35)17(12-34)37-26)24-30-19(14-7-3-1-4-8-14)20(31-32-24)15-9-5-2-6-10-15/h1-11,13,17,21-22,26,34-36H,12H2,(H2,27,28,29)/t17-,21-,22-,26-/m1/s1. The Kier molecular flexibility index (Phi) is 5.81. The normalized spacial score (nSPS) is 21.5. The van der Waals surface area contributed by atoms with Crippen LogP contribution < -0.4 is 5.73 Å². The lowest BCUT2D eigenvalue weighted by molar-refractivity contribution is -0.0508. The highest BCUT2D eigenvalue weighted by Gasteiger charge is 2.44. The van der Waals surface area contributed by atoms with Gasteiger partial charge in [-0.15, -0.1) is 10.2 Å². The SMILES string of the molecule is Nc1ncnc2c1c(-c1nnc(-c3ccccc3)c(-c3ccccc3)n1)cn2[C@@H]1O[C@H](CO)[C@@H](O)[C@H]1O. The van der Waals surface area contributed by atoms with Crippen LogP contribution in [0.2, 0.25) is 0 Å². The molecule has 0 radical (unpaired) electrons. The molecular formula is C26H23N7O4. The van der Waals surface area contributed by atoms with Crippen molar-refractivity contribution >= 4 is 16.9 Å². The maximum atomic E-state index is 10.7. The number of anilines is 1. The summed E-state index contributed by atoms with van der Waals surface area (Å²) in [6.07, 6.45) is -1.62. The predicted molar refractivity (Wildman–Crippen MR) is 135 cm³/mol. The average Bonchev–Trinajstić information content (AvgIpc) is 3.47. The van der Waals surface area contributed by atoms with Gasteiger partial charge in [-0.1, -0.05) is 60.7 Å². The lowest BCUT2D eigenvalue weighted by Gasteiger charge is -2.17. The first-order valence-electron chi connectivity index (χ1n) is 11.7. The van der Waals surface area contributed by atoms with E-state index in [0.29, 0.717) is 28.0 Å². The van der Waals surface area contributed by atoms with Crippen molar-refractivity contribution in [2.24, 2.45) is 0 Å². The second-order valence-electron chi connectivity index (χ2n) is 8.70. The van der Waals surface area contributed by atoms with Gasteiger partial charge in [-0.25, -0.2) is 15.0 Å². The Morgan fingerprint density at radius 1 is 0.865 bits per heavy atom. The number of benzene rings is 2. The van der Waals surface area contributed by atoms with Gasteiger partial charge in [-0.3, -0.25) is 0 Å². The predicted octanol–water partition coefficient (Wildman–Crippen LogP) is 1.81. The molecule has 5 aromatic rings. The Balaban J connectivity index is 1.55. The van der Waals surface area contributed by atoms with Crippen LogP contribution in [0.4, 0.5) is 5.82 Å². The number of aromatic nitrogens is 6. The van der Waals surface area contributed by atoms with Crippen molar-refractivity contribution < 1.29 is 20.1 Å². The summed E-state index contributed by atoms with van der Waals surface area (Å²) in [5.41, 5.74) is 10.1. The number of hydrogen-bond acceptors (Lipinski definition) is 10. The van der Waals surface area contributed by atoms with Crippen molar-refractivity contribution in [2.75, 3.05) is 12.3 Å². The van der Waals surface area contributed by atoms with Gasteiger partial charge in [0.2, 0.25) is 0 Å². The lowest BCUT2D eigenvalue weighted by atomic mass is 10.0. The average molecular weight is 498 g/mol. The molecule has 6 rings (SSSR count). The Labute approximate surface area is 210 Å². The maximum Gasteiger partial charge on any atom is 0.184 e. The topological polar surface area (TPSA) is 165 Å². The van der Waals surface area contributed by atoms with Crippen molar-refractivity contribution in [3.8, 4) is 33.9 Å². The van der Waals surface area contributed by atoms with Crippen molar-refractivity contribution in [3.63, 3.8) is 0 Å². The molecule has 4 atom stereocenters. The molecule has 3 aromatic heterocycles. The molecule has 11 heteroatoms. The molecule has 1 fully saturated rings. The number of aliphatic hydroxyl groups excluding tert-OH is 3. The van der Waals surface area contributed by atoms with Crippen LogP contribution in [0, 0.1) is 0 Å². The molecule has 0 aliphatic carbocycles. The number of nitrogens with two attached hydrogens (primary N) is 1. The van der Waals surface area contributed by atoms with E-state index in [1.165, 1.54) is 6.33 Å². The number of rotatable bonds is 5. The molecule has 11 nitrogen and oxygen atoms in total. The third kappa shape index (κ3) is 3.90. The zero-order valence-electron chi connectivity index (χ0n) is 19.5. The highest BCUT2D eigenvalue weighted by Crippen LogP contribution is 2.38. The van der Waals surface area contributed by atoms with E-state index in [1.807, 2.05) is 60.7 Å². The van der Waals surface area contributed by atoms with Crippen molar-refractivity contribution in [3.05, 3.63) is 73.2 Å². The molecule has 0 amide bonds. The largest absolute Gasteiger partial charge is 0.394 e. The minimum atomic E-state index is -1.31. The maximum absolute atomic E-state index is 10.7. The van der Waals surface area contributed by atoms with Crippen molar-refractivity contribution in [1.29, 1.82) is 0 Å². The summed E-state index contributed by atoms with van der Waals surface area (Å²) >= 11 is 0. The number of nitrogen functional groups attached to an aromatic ring is 1. The van der Waals surface area contributed by atoms with Crippen LogP contribution in [0.3, 0.4) is 0 Å². The van der Waals surface area contributed by atoms with Gasteiger partial charge in [-0.2, -0.15) is 0 Å². The quantitative estimate of drug-likeness (QED) is 0.281. The monoisotopic (exact) mass is 497 g/mol. The second-order valence-corrected chi connectivity index (χ2v) is 8.70. The first kappa shape index (κ1) is 23.1. The highest BCUT2D eigenvalue weighted by molar-refractivity contribution is 5.99. The molecule has 1 aliphatic rings. The van der Waals surface area contributed by atoms with Crippen molar-refractivity contribution in [1.82, 2.24) is 29.7 Å². The van der Waals surface area contributed by atoms with E-state index < -0.39 is 31.1 Å². The van der Waals surface area contributed by atoms with Crippen LogP contribution in [0.5, 0.6) is 0 Å².